The molecule has 1 fully saturated rings. The zero-order chi connectivity index (χ0) is 24.3. The molecule has 3 rings (SSSR count). The van der Waals surface area contributed by atoms with Crippen LogP contribution in [-0.4, -0.2) is 60.8 Å². The zero-order valence-corrected chi connectivity index (χ0v) is 19.7. The summed E-state index contributed by atoms with van der Waals surface area (Å²) in [6, 6.07) is 2.41. The number of nitrogens with zero attached hydrogens (tertiary/aromatic N) is 1. The number of nitrogens with one attached hydrogen (secondary N) is 2. The van der Waals surface area contributed by atoms with Gasteiger partial charge >= 0.3 is 5.97 Å². The van der Waals surface area contributed by atoms with E-state index in [-0.39, 0.29) is 16.8 Å². The fourth-order valence-corrected chi connectivity index (χ4v) is 4.48. The number of carbonyl (C=O) groups is 3. The second-order valence-corrected chi connectivity index (χ2v) is 8.17. The van der Waals surface area contributed by atoms with Crippen molar-refractivity contribution in [2.45, 2.75) is 40.2 Å². The molecule has 3 heterocycles. The van der Waals surface area contributed by atoms with Gasteiger partial charge in [-0.15, -0.1) is 0 Å². The zero-order valence-electron chi connectivity index (χ0n) is 19.7. The number of rotatable bonds is 9. The lowest BCUT2D eigenvalue weighted by atomic mass is 9.97. The fraction of sp³-hybridized carbons (Fsp3) is 0.458. The molecule has 0 radical (unpaired) electrons. The summed E-state index contributed by atoms with van der Waals surface area (Å²) < 4.78 is 10.3. The summed E-state index contributed by atoms with van der Waals surface area (Å²) in [7, 11) is 1.25. The van der Waals surface area contributed by atoms with E-state index in [0.29, 0.717) is 30.0 Å². The van der Waals surface area contributed by atoms with Crippen LogP contribution in [0.4, 0.5) is 0 Å². The molecule has 2 aromatic heterocycles. The van der Waals surface area contributed by atoms with Gasteiger partial charge in [0.05, 0.1) is 33.0 Å². The van der Waals surface area contributed by atoms with E-state index in [1.165, 1.54) is 23.2 Å². The minimum Gasteiger partial charge on any atom is -0.872 e. The molecule has 33 heavy (non-hydrogen) atoms. The summed E-state index contributed by atoms with van der Waals surface area (Å²) in [6.45, 7) is 10.6. The van der Waals surface area contributed by atoms with Crippen molar-refractivity contribution in [3.63, 3.8) is 0 Å². The average Bonchev–Trinajstić information content (AvgIpc) is 3.49. The van der Waals surface area contributed by atoms with Gasteiger partial charge < -0.3 is 29.0 Å². The number of Topliss-reactive ketones (excluding diaryl/α,β-unsaturated/α-hetero) is 1. The lowest BCUT2D eigenvalue weighted by Gasteiger charge is -2.26. The number of carbonyl (C=O) groups excluding carboxylic acids is 3. The molecule has 0 aromatic carbocycles. The highest BCUT2D eigenvalue weighted by Crippen LogP contribution is 2.40. The molecule has 178 valence electrons. The highest BCUT2D eigenvalue weighted by molar-refractivity contribution is 6.46. The van der Waals surface area contributed by atoms with E-state index >= 15 is 0 Å². The molecular weight excluding hydrogens is 426 g/mol. The number of hydrogen-bond donors (Lipinski definition) is 2. The van der Waals surface area contributed by atoms with Crippen molar-refractivity contribution in [2.24, 2.45) is 0 Å². The van der Waals surface area contributed by atoms with Crippen LogP contribution in [0.15, 0.2) is 28.4 Å². The number of methoxy groups -OCH3 is 1. The molecule has 1 saturated heterocycles. The highest BCUT2D eigenvalue weighted by atomic mass is 16.5. The van der Waals surface area contributed by atoms with Crippen molar-refractivity contribution in [1.82, 2.24) is 9.88 Å². The van der Waals surface area contributed by atoms with Gasteiger partial charge in [0, 0.05) is 24.2 Å². The molecule has 1 aliphatic rings. The molecule has 9 nitrogen and oxygen atoms in total. The van der Waals surface area contributed by atoms with Crippen molar-refractivity contribution >= 4 is 23.4 Å². The summed E-state index contributed by atoms with van der Waals surface area (Å²) in [4.78, 5) is 43.8. The van der Waals surface area contributed by atoms with E-state index in [2.05, 4.69) is 18.8 Å². The van der Waals surface area contributed by atoms with Gasteiger partial charge in [0.15, 0.2) is 0 Å². The molecule has 0 aliphatic carbocycles. The minimum absolute atomic E-state index is 0.143. The van der Waals surface area contributed by atoms with Crippen molar-refractivity contribution in [2.75, 3.05) is 33.3 Å². The Kier molecular flexibility index (Phi) is 7.43. The number of ketones is 1. The standard InChI is InChI=1S/C24H31N3O6/c1-6-26(7-2)11-9-12-27-20(16-10-8-13-33-16)18(22(29)23(27)30)21(28)17-14(3)19(24(31)32-5)25-15(17)4/h8,10,13,20,25,28H,6-7,9,11-12H2,1-5H3. The first-order chi connectivity index (χ1) is 15.8. The normalized spacial score (nSPS) is 17.9. The smallest absolute Gasteiger partial charge is 0.354 e. The van der Waals surface area contributed by atoms with E-state index in [0.717, 1.165) is 19.6 Å². The summed E-state index contributed by atoms with van der Waals surface area (Å²) in [6.07, 6.45) is 2.13. The number of H-pyrrole nitrogens is 1. The van der Waals surface area contributed by atoms with Crippen LogP contribution >= 0.6 is 0 Å². The Morgan fingerprint density at radius 1 is 1.27 bits per heavy atom. The monoisotopic (exact) mass is 457 g/mol. The van der Waals surface area contributed by atoms with Crippen molar-refractivity contribution in [3.05, 3.63) is 52.2 Å². The van der Waals surface area contributed by atoms with E-state index in [4.69, 9.17) is 9.15 Å². The number of hydrogen-bond acceptors (Lipinski definition) is 6. The Balaban J connectivity index is 2.06. The minimum atomic E-state index is -0.908. The van der Waals surface area contributed by atoms with E-state index in [1.54, 1.807) is 26.0 Å². The molecule has 2 aromatic rings. The maximum Gasteiger partial charge on any atom is 0.354 e. The van der Waals surface area contributed by atoms with Crippen molar-refractivity contribution in [3.8, 4) is 0 Å². The van der Waals surface area contributed by atoms with E-state index in [9.17, 15) is 19.5 Å². The van der Waals surface area contributed by atoms with Crippen LogP contribution in [0.25, 0.3) is 5.76 Å². The second kappa shape index (κ2) is 10.1. The van der Waals surface area contributed by atoms with Gasteiger partial charge in [-0.1, -0.05) is 5.76 Å². The molecule has 9 heteroatoms. The number of ether oxygens (including phenoxy) is 1. The van der Waals surface area contributed by atoms with Gasteiger partial charge in [-0.25, -0.2) is 4.79 Å². The Bertz CT molecular complexity index is 1060. The lowest BCUT2D eigenvalue weighted by molar-refractivity contribution is -0.896. The fourth-order valence-electron chi connectivity index (χ4n) is 4.48. The van der Waals surface area contributed by atoms with Crippen LogP contribution in [-0.2, 0) is 14.3 Å². The Morgan fingerprint density at radius 2 is 1.97 bits per heavy atom. The van der Waals surface area contributed by atoms with E-state index < -0.39 is 29.5 Å². The van der Waals surface area contributed by atoms with Crippen molar-refractivity contribution < 1.29 is 33.5 Å². The van der Waals surface area contributed by atoms with Crippen molar-refractivity contribution in [1.29, 1.82) is 0 Å². The quantitative estimate of drug-likeness (QED) is 0.246. The molecule has 0 bridgehead atoms. The van der Waals surface area contributed by atoms with Crippen LogP contribution in [0.2, 0.25) is 0 Å². The van der Waals surface area contributed by atoms with E-state index in [1.807, 2.05) is 0 Å². The van der Waals surface area contributed by atoms with Gasteiger partial charge in [0.2, 0.25) is 5.78 Å². The first-order valence-electron chi connectivity index (χ1n) is 11.2. The maximum absolute atomic E-state index is 13.6. The SMILES string of the molecule is CC[NH+](CC)CCCN1C(=O)C(=O)C(=C([O-])c2c(C)[nH]c(C(=O)OC)c2C)C1c1ccco1. The number of likely N-dealkylation sites (tertiary alicyclic amines) is 1. The average molecular weight is 458 g/mol. The predicted octanol–water partition coefficient (Wildman–Crippen LogP) is 0.550. The Labute approximate surface area is 193 Å². The summed E-state index contributed by atoms with van der Waals surface area (Å²) in [5, 5.41) is 13.6. The van der Waals surface area contributed by atoms with Crippen LogP contribution in [0.1, 0.15) is 59.4 Å². The third-order valence-electron chi connectivity index (χ3n) is 6.33. The van der Waals surface area contributed by atoms with Crippen LogP contribution in [0, 0.1) is 13.8 Å². The molecule has 0 spiro atoms. The number of aromatic amines is 1. The Hall–Kier alpha value is -3.33. The first-order valence-corrected chi connectivity index (χ1v) is 11.2. The third kappa shape index (κ3) is 4.45. The van der Waals surface area contributed by atoms with Crippen LogP contribution in [0.3, 0.4) is 0 Å². The Morgan fingerprint density at radius 3 is 2.55 bits per heavy atom. The van der Waals surface area contributed by atoms with Gasteiger partial charge in [0.25, 0.3) is 5.91 Å². The number of esters is 1. The second-order valence-electron chi connectivity index (χ2n) is 8.17. The van der Waals surface area contributed by atoms with Gasteiger partial charge in [-0.05, 0) is 51.0 Å². The molecular formula is C24H31N3O6. The van der Waals surface area contributed by atoms with Gasteiger partial charge in [-0.3, -0.25) is 9.59 Å². The van der Waals surface area contributed by atoms with Crippen LogP contribution < -0.4 is 10.0 Å². The lowest BCUT2D eigenvalue weighted by Crippen LogP contribution is -3.11. The maximum atomic E-state index is 13.6. The highest BCUT2D eigenvalue weighted by Gasteiger charge is 2.45. The van der Waals surface area contributed by atoms with Crippen LogP contribution in [0.5, 0.6) is 0 Å². The first kappa shape index (κ1) is 24.3. The number of furan rings is 1. The van der Waals surface area contributed by atoms with Gasteiger partial charge in [0.1, 0.15) is 17.5 Å². The molecule has 2 N–H and O–H groups in total. The summed E-state index contributed by atoms with van der Waals surface area (Å²) >= 11 is 0. The number of amides is 1. The molecule has 1 atom stereocenters. The molecule has 1 aliphatic heterocycles. The topological polar surface area (TPSA) is 120 Å². The molecule has 1 amide bonds. The number of quaternary nitrogens is 1. The van der Waals surface area contributed by atoms with Gasteiger partial charge in [-0.2, -0.15) is 0 Å². The number of aromatic nitrogens is 1. The molecule has 1 unspecified atom stereocenters. The number of aryl methyl sites for hydroxylation is 1. The summed E-state index contributed by atoms with van der Waals surface area (Å²) in [5.74, 6) is -2.40. The largest absolute Gasteiger partial charge is 0.872 e. The predicted molar refractivity (Wildman–Crippen MR) is 118 cm³/mol. The summed E-state index contributed by atoms with van der Waals surface area (Å²) in [5.41, 5.74) is 0.972. The third-order valence-corrected chi connectivity index (χ3v) is 6.33. The molecule has 0 saturated carbocycles.